The van der Waals surface area contributed by atoms with Gasteiger partial charge in [-0.1, -0.05) is 69.7 Å². The molecule has 25 heavy (non-hydrogen) atoms. The highest BCUT2D eigenvalue weighted by Gasteiger charge is 2.29. The van der Waals surface area contributed by atoms with Crippen molar-refractivity contribution in [2.45, 2.75) is 65.7 Å². The Labute approximate surface area is 153 Å². The SMILES string of the molecule is CC(C)C1C=Cc2cc(C3=CCC(C4CCC(C)(C)CC4)=C3)ccc21. The summed E-state index contributed by atoms with van der Waals surface area (Å²) >= 11 is 0. The average molecular weight is 333 g/mol. The molecule has 0 amide bonds. The van der Waals surface area contributed by atoms with Crippen LogP contribution < -0.4 is 0 Å². The molecule has 3 aliphatic carbocycles. The molecule has 1 fully saturated rings. The van der Waals surface area contributed by atoms with Gasteiger partial charge in [0.05, 0.1) is 0 Å². The number of hydrogen-bond donors (Lipinski definition) is 0. The lowest BCUT2D eigenvalue weighted by Gasteiger charge is -2.35. The molecule has 0 spiro atoms. The van der Waals surface area contributed by atoms with Gasteiger partial charge in [-0.3, -0.25) is 0 Å². The number of benzene rings is 1. The van der Waals surface area contributed by atoms with Gasteiger partial charge < -0.3 is 0 Å². The molecule has 0 aliphatic heterocycles. The zero-order valence-electron chi connectivity index (χ0n) is 16.3. The highest BCUT2D eigenvalue weighted by Crippen LogP contribution is 2.44. The number of rotatable bonds is 3. The fourth-order valence-corrected chi connectivity index (χ4v) is 4.90. The van der Waals surface area contributed by atoms with E-state index >= 15 is 0 Å². The summed E-state index contributed by atoms with van der Waals surface area (Å²) in [7, 11) is 0. The predicted octanol–water partition coefficient (Wildman–Crippen LogP) is 7.38. The number of allylic oxidation sites excluding steroid dienone is 5. The average Bonchev–Trinajstić information content (AvgIpc) is 3.21. The summed E-state index contributed by atoms with van der Waals surface area (Å²) in [5.74, 6) is 2.09. The molecule has 0 radical (unpaired) electrons. The minimum Gasteiger partial charge on any atom is -0.0761 e. The molecule has 1 unspecified atom stereocenters. The number of fused-ring (bicyclic) bond motifs is 1. The Kier molecular flexibility index (Phi) is 4.26. The highest BCUT2D eigenvalue weighted by atomic mass is 14.3. The van der Waals surface area contributed by atoms with E-state index in [2.05, 4.69) is 70.2 Å². The first kappa shape index (κ1) is 16.9. The predicted molar refractivity (Wildman–Crippen MR) is 109 cm³/mol. The highest BCUT2D eigenvalue weighted by molar-refractivity contribution is 5.80. The Balaban J connectivity index is 1.51. The van der Waals surface area contributed by atoms with Crippen LogP contribution in [0.25, 0.3) is 11.6 Å². The van der Waals surface area contributed by atoms with E-state index in [1.807, 2.05) is 0 Å². The topological polar surface area (TPSA) is 0 Å². The van der Waals surface area contributed by atoms with Crippen molar-refractivity contribution in [3.05, 3.63) is 58.7 Å². The lowest BCUT2D eigenvalue weighted by Crippen LogP contribution is -2.21. The van der Waals surface area contributed by atoms with Crippen LogP contribution in [-0.4, -0.2) is 0 Å². The van der Waals surface area contributed by atoms with Gasteiger partial charge in [-0.15, -0.1) is 0 Å². The normalized spacial score (nSPS) is 25.2. The van der Waals surface area contributed by atoms with E-state index in [-0.39, 0.29) is 0 Å². The summed E-state index contributed by atoms with van der Waals surface area (Å²) in [5.41, 5.74) is 8.03. The first-order chi connectivity index (χ1) is 11.9. The zero-order chi connectivity index (χ0) is 17.6. The molecule has 0 N–H and O–H groups in total. The molecule has 4 rings (SSSR count). The molecule has 0 heterocycles. The second-order valence-corrected chi connectivity index (χ2v) is 9.49. The van der Waals surface area contributed by atoms with Crippen molar-refractivity contribution < 1.29 is 0 Å². The molecule has 0 bridgehead atoms. The monoisotopic (exact) mass is 332 g/mol. The second-order valence-electron chi connectivity index (χ2n) is 9.49. The van der Waals surface area contributed by atoms with Gasteiger partial charge in [-0.25, -0.2) is 0 Å². The van der Waals surface area contributed by atoms with E-state index in [0.717, 1.165) is 5.92 Å². The summed E-state index contributed by atoms with van der Waals surface area (Å²) in [6.45, 7) is 9.49. The molecule has 1 aromatic carbocycles. The maximum Gasteiger partial charge on any atom is 0.00502 e. The van der Waals surface area contributed by atoms with Gasteiger partial charge in [0.1, 0.15) is 0 Å². The molecule has 1 saturated carbocycles. The number of hydrogen-bond acceptors (Lipinski definition) is 0. The summed E-state index contributed by atoms with van der Waals surface area (Å²) in [6.07, 6.45) is 16.3. The minimum absolute atomic E-state index is 0.561. The van der Waals surface area contributed by atoms with E-state index in [1.54, 1.807) is 5.57 Å². The van der Waals surface area contributed by atoms with Crippen LogP contribution in [0.15, 0.2) is 42.0 Å². The quantitative estimate of drug-likeness (QED) is 0.541. The van der Waals surface area contributed by atoms with Gasteiger partial charge in [0, 0.05) is 5.92 Å². The van der Waals surface area contributed by atoms with E-state index < -0.39 is 0 Å². The molecule has 0 nitrogen and oxygen atoms in total. The third kappa shape index (κ3) is 3.28. The third-order valence-corrected chi connectivity index (χ3v) is 6.74. The molecule has 0 heteroatoms. The molecule has 0 saturated heterocycles. The van der Waals surface area contributed by atoms with Crippen molar-refractivity contribution in [2.24, 2.45) is 17.3 Å². The Morgan fingerprint density at radius 1 is 1.08 bits per heavy atom. The zero-order valence-corrected chi connectivity index (χ0v) is 16.3. The second kappa shape index (κ2) is 6.31. The van der Waals surface area contributed by atoms with Crippen LogP contribution in [-0.2, 0) is 0 Å². The summed E-state index contributed by atoms with van der Waals surface area (Å²) in [6, 6.07) is 7.12. The summed E-state index contributed by atoms with van der Waals surface area (Å²) in [4.78, 5) is 0. The van der Waals surface area contributed by atoms with Crippen molar-refractivity contribution >= 4 is 11.6 Å². The Morgan fingerprint density at radius 2 is 1.84 bits per heavy atom. The lowest BCUT2D eigenvalue weighted by molar-refractivity contribution is 0.207. The molecule has 1 atom stereocenters. The minimum atomic E-state index is 0.561. The third-order valence-electron chi connectivity index (χ3n) is 6.74. The molecular formula is C25H32. The Hall–Kier alpha value is -1.56. The van der Waals surface area contributed by atoms with Crippen LogP contribution in [0.1, 0.15) is 82.4 Å². The van der Waals surface area contributed by atoms with Crippen LogP contribution in [0.2, 0.25) is 0 Å². The maximum absolute atomic E-state index is 2.50. The van der Waals surface area contributed by atoms with Crippen LogP contribution >= 0.6 is 0 Å². The largest absolute Gasteiger partial charge is 0.0761 e. The van der Waals surface area contributed by atoms with Crippen LogP contribution in [0.4, 0.5) is 0 Å². The van der Waals surface area contributed by atoms with Gasteiger partial charge in [0.2, 0.25) is 0 Å². The van der Waals surface area contributed by atoms with Gasteiger partial charge in [0.25, 0.3) is 0 Å². The van der Waals surface area contributed by atoms with E-state index in [0.29, 0.717) is 17.3 Å². The van der Waals surface area contributed by atoms with Gasteiger partial charge >= 0.3 is 0 Å². The first-order valence-electron chi connectivity index (χ1n) is 10.2. The molecular weight excluding hydrogens is 300 g/mol. The van der Waals surface area contributed by atoms with Gasteiger partial charge in [-0.05, 0) is 77.7 Å². The summed E-state index contributed by atoms with van der Waals surface area (Å²) < 4.78 is 0. The van der Waals surface area contributed by atoms with Crippen LogP contribution in [0.3, 0.4) is 0 Å². The van der Waals surface area contributed by atoms with Crippen molar-refractivity contribution in [3.8, 4) is 0 Å². The van der Waals surface area contributed by atoms with E-state index in [4.69, 9.17) is 0 Å². The Morgan fingerprint density at radius 3 is 2.56 bits per heavy atom. The molecule has 0 aromatic heterocycles. The van der Waals surface area contributed by atoms with E-state index in [9.17, 15) is 0 Å². The van der Waals surface area contributed by atoms with Crippen molar-refractivity contribution in [3.63, 3.8) is 0 Å². The van der Waals surface area contributed by atoms with Crippen LogP contribution in [0, 0.1) is 17.3 Å². The van der Waals surface area contributed by atoms with Crippen LogP contribution in [0.5, 0.6) is 0 Å². The van der Waals surface area contributed by atoms with Gasteiger partial charge in [0.15, 0.2) is 0 Å². The fourth-order valence-electron chi connectivity index (χ4n) is 4.90. The smallest absolute Gasteiger partial charge is 0.00502 e. The van der Waals surface area contributed by atoms with Crippen molar-refractivity contribution in [1.82, 2.24) is 0 Å². The van der Waals surface area contributed by atoms with E-state index in [1.165, 1.54) is 54.4 Å². The molecule has 3 aliphatic rings. The van der Waals surface area contributed by atoms with Crippen molar-refractivity contribution in [2.75, 3.05) is 0 Å². The standard InChI is InChI=1S/C25H32/c1-17(2)23-9-8-22-16-21(7-10-24(22)23)20-6-5-19(15-20)18-11-13-25(3,4)14-12-18/h6-10,15-18,23H,5,11-14H2,1-4H3. The van der Waals surface area contributed by atoms with Crippen molar-refractivity contribution in [1.29, 1.82) is 0 Å². The van der Waals surface area contributed by atoms with Gasteiger partial charge in [-0.2, -0.15) is 0 Å². The fraction of sp³-hybridized carbons (Fsp3) is 0.520. The Bertz CT molecular complexity index is 744. The first-order valence-corrected chi connectivity index (χ1v) is 10.2. The molecule has 1 aromatic rings. The lowest BCUT2D eigenvalue weighted by atomic mass is 9.71. The maximum atomic E-state index is 2.50. The molecule has 132 valence electrons. The summed E-state index contributed by atoms with van der Waals surface area (Å²) in [5, 5.41) is 0.